The zero-order valence-corrected chi connectivity index (χ0v) is 13.9. The molecule has 0 spiro atoms. The number of pyridine rings is 1. The third kappa shape index (κ3) is 2.21. The van der Waals surface area contributed by atoms with Crippen LogP contribution < -0.4 is 5.73 Å². The van der Waals surface area contributed by atoms with Gasteiger partial charge in [-0.3, -0.25) is 0 Å². The number of aryl methyl sites for hydroxylation is 2. The van der Waals surface area contributed by atoms with Crippen molar-refractivity contribution in [3.8, 4) is 10.0 Å². The molecule has 0 unspecified atom stereocenters. The zero-order chi connectivity index (χ0) is 14.4. The van der Waals surface area contributed by atoms with Gasteiger partial charge in [0, 0.05) is 0 Å². The molecule has 2 N–H and O–H groups in total. The first-order chi connectivity index (χ1) is 10.2. The Morgan fingerprint density at radius 2 is 1.86 bits per heavy atom. The number of nitrogens with zero attached hydrogens (tertiary/aromatic N) is 1. The fourth-order valence-electron chi connectivity index (χ4n) is 3.10. The van der Waals surface area contributed by atoms with Gasteiger partial charge >= 0.3 is 130 Å². The Labute approximate surface area is 130 Å². The quantitative estimate of drug-likeness (QED) is 0.685. The minimum absolute atomic E-state index is 0.286. The monoisotopic (exact) mass is 342 g/mol. The van der Waals surface area contributed by atoms with Crippen molar-refractivity contribution >= 4 is 30.0 Å². The van der Waals surface area contributed by atoms with Crippen molar-refractivity contribution in [1.29, 1.82) is 0 Å². The molecule has 2 nitrogen and oxygen atoms in total. The van der Waals surface area contributed by atoms with Gasteiger partial charge in [-0.25, -0.2) is 0 Å². The maximum absolute atomic E-state index is 6.46. The molecule has 0 amide bonds. The van der Waals surface area contributed by atoms with Crippen LogP contribution in [0.1, 0.15) is 29.7 Å². The second kappa shape index (κ2) is 5.01. The summed E-state index contributed by atoms with van der Waals surface area (Å²) in [5.74, 6) is 0. The first-order valence-corrected chi connectivity index (χ1v) is 9.21. The molecule has 0 saturated heterocycles. The number of benzene rings is 1. The average Bonchev–Trinajstić information content (AvgIpc) is 2.92. The van der Waals surface area contributed by atoms with Crippen LogP contribution >= 0.6 is 0 Å². The molecule has 0 aliphatic heterocycles. The molecule has 2 aromatic heterocycles. The molecular formula is C18H18N2Se. The second-order valence-corrected chi connectivity index (χ2v) is 8.06. The Bertz CT molecular complexity index is 815. The van der Waals surface area contributed by atoms with Crippen LogP contribution in [0.5, 0.6) is 0 Å². The van der Waals surface area contributed by atoms with Gasteiger partial charge in [-0.1, -0.05) is 0 Å². The van der Waals surface area contributed by atoms with Gasteiger partial charge in [-0.15, -0.1) is 0 Å². The first kappa shape index (κ1) is 13.1. The molecular weight excluding hydrogens is 323 g/mol. The third-order valence-corrected chi connectivity index (χ3v) is 6.84. The number of nitrogen functional groups attached to an aromatic ring is 1. The summed E-state index contributed by atoms with van der Waals surface area (Å²) in [7, 11) is 0. The van der Waals surface area contributed by atoms with E-state index in [1.807, 2.05) is 0 Å². The Kier molecular flexibility index (Phi) is 3.13. The third-order valence-electron chi connectivity index (χ3n) is 4.31. The van der Waals surface area contributed by atoms with Crippen molar-refractivity contribution in [2.45, 2.75) is 32.6 Å². The number of aromatic nitrogens is 1. The summed E-state index contributed by atoms with van der Waals surface area (Å²) in [4.78, 5) is 4.91. The summed E-state index contributed by atoms with van der Waals surface area (Å²) in [5, 5.41) is 0. The Morgan fingerprint density at radius 1 is 1.10 bits per heavy atom. The van der Waals surface area contributed by atoms with Crippen LogP contribution in [-0.2, 0) is 12.8 Å². The van der Waals surface area contributed by atoms with Crippen molar-refractivity contribution in [1.82, 2.24) is 4.98 Å². The van der Waals surface area contributed by atoms with E-state index in [1.54, 1.807) is 0 Å². The molecule has 106 valence electrons. The van der Waals surface area contributed by atoms with E-state index in [2.05, 4.69) is 37.3 Å². The summed E-state index contributed by atoms with van der Waals surface area (Å²) in [6.45, 7) is 2.13. The molecule has 1 aliphatic rings. The number of fused-ring (bicyclic) bond motifs is 2. The molecule has 0 radical (unpaired) electrons. The molecule has 0 saturated carbocycles. The molecule has 1 aromatic carbocycles. The van der Waals surface area contributed by atoms with Crippen LogP contribution in [0.25, 0.3) is 19.8 Å². The molecule has 3 heteroatoms. The molecule has 0 bridgehead atoms. The number of nitrogens with two attached hydrogens (primary N) is 1. The van der Waals surface area contributed by atoms with Crippen LogP contribution in [0.15, 0.2) is 30.3 Å². The van der Waals surface area contributed by atoms with E-state index in [-0.39, 0.29) is 14.5 Å². The average molecular weight is 341 g/mol. The SMILES string of the molecule is Cc1ccc(-c2cc3nc4c(c(N)c3[se]2)CCCC4)cc1. The van der Waals surface area contributed by atoms with Gasteiger partial charge < -0.3 is 0 Å². The molecule has 21 heavy (non-hydrogen) atoms. The Hall–Kier alpha value is -1.57. The van der Waals surface area contributed by atoms with E-state index in [1.165, 1.54) is 43.9 Å². The summed E-state index contributed by atoms with van der Waals surface area (Å²) in [6, 6.07) is 11.0. The summed E-state index contributed by atoms with van der Waals surface area (Å²) < 4.78 is 2.71. The second-order valence-electron chi connectivity index (χ2n) is 5.85. The van der Waals surface area contributed by atoms with Gasteiger partial charge in [0.15, 0.2) is 0 Å². The van der Waals surface area contributed by atoms with E-state index in [4.69, 9.17) is 10.7 Å². The van der Waals surface area contributed by atoms with E-state index < -0.39 is 0 Å². The van der Waals surface area contributed by atoms with E-state index in [0.29, 0.717) is 0 Å². The van der Waals surface area contributed by atoms with E-state index in [9.17, 15) is 0 Å². The van der Waals surface area contributed by atoms with Gasteiger partial charge in [0.1, 0.15) is 0 Å². The van der Waals surface area contributed by atoms with Gasteiger partial charge in [-0.2, -0.15) is 0 Å². The van der Waals surface area contributed by atoms with Gasteiger partial charge in [0.2, 0.25) is 0 Å². The van der Waals surface area contributed by atoms with Crippen LogP contribution in [-0.4, -0.2) is 19.5 Å². The standard InChI is InChI=1S/C18H18N2Se/c1-11-6-8-12(9-7-11)16-10-15-18(21-16)17(19)13-4-2-3-5-14(13)20-15/h6-10H,2-5H2,1H3,(H2,19,20). The van der Waals surface area contributed by atoms with Crippen molar-refractivity contribution in [2.24, 2.45) is 0 Å². The van der Waals surface area contributed by atoms with Gasteiger partial charge in [0.25, 0.3) is 0 Å². The number of hydrogen-bond donors (Lipinski definition) is 1. The number of hydrogen-bond acceptors (Lipinski definition) is 2. The van der Waals surface area contributed by atoms with E-state index in [0.717, 1.165) is 24.0 Å². The van der Waals surface area contributed by atoms with Crippen LogP contribution in [0.2, 0.25) is 0 Å². The van der Waals surface area contributed by atoms with Gasteiger partial charge in [0.05, 0.1) is 0 Å². The molecule has 0 atom stereocenters. The minimum atomic E-state index is 0.286. The topological polar surface area (TPSA) is 38.9 Å². The predicted octanol–water partition coefficient (Wildman–Crippen LogP) is 3.73. The normalized spacial score (nSPS) is 14.3. The van der Waals surface area contributed by atoms with E-state index >= 15 is 0 Å². The molecule has 2 heterocycles. The molecule has 4 rings (SSSR count). The predicted molar refractivity (Wildman–Crippen MR) is 89.9 cm³/mol. The number of rotatable bonds is 1. The van der Waals surface area contributed by atoms with Crippen molar-refractivity contribution in [3.63, 3.8) is 0 Å². The molecule has 0 fully saturated rings. The summed E-state index contributed by atoms with van der Waals surface area (Å²) in [5.41, 5.74) is 13.8. The fourth-order valence-corrected chi connectivity index (χ4v) is 5.38. The molecule has 3 aromatic rings. The van der Waals surface area contributed by atoms with Crippen molar-refractivity contribution in [2.75, 3.05) is 5.73 Å². The zero-order valence-electron chi connectivity index (χ0n) is 12.1. The maximum atomic E-state index is 6.46. The Morgan fingerprint density at radius 3 is 2.67 bits per heavy atom. The first-order valence-electron chi connectivity index (χ1n) is 7.50. The summed E-state index contributed by atoms with van der Waals surface area (Å²) >= 11 is 0.286. The summed E-state index contributed by atoms with van der Waals surface area (Å²) in [6.07, 6.45) is 4.70. The number of anilines is 1. The fraction of sp³-hybridized carbons (Fsp3) is 0.278. The van der Waals surface area contributed by atoms with Gasteiger partial charge in [-0.05, 0) is 0 Å². The van der Waals surface area contributed by atoms with Crippen LogP contribution in [0.4, 0.5) is 5.69 Å². The Balaban J connectivity index is 1.90. The molecule has 1 aliphatic carbocycles. The van der Waals surface area contributed by atoms with Crippen molar-refractivity contribution < 1.29 is 0 Å². The van der Waals surface area contributed by atoms with Crippen LogP contribution in [0.3, 0.4) is 0 Å². The van der Waals surface area contributed by atoms with Crippen LogP contribution in [0, 0.1) is 6.92 Å². The van der Waals surface area contributed by atoms with Crippen molar-refractivity contribution in [3.05, 3.63) is 47.2 Å².